The average molecular weight is 194 g/mol. The zero-order valence-electron chi connectivity index (χ0n) is 9.97. The number of hydrogen-bond donors (Lipinski definition) is 0. The van der Waals surface area contributed by atoms with Gasteiger partial charge in [-0.3, -0.25) is 0 Å². The maximum absolute atomic E-state index is 2.49. The molecule has 82 valence electrons. The van der Waals surface area contributed by atoms with Crippen molar-refractivity contribution >= 4 is 0 Å². The zero-order valence-corrected chi connectivity index (χ0v) is 9.97. The lowest BCUT2D eigenvalue weighted by Gasteiger charge is -2.12. The molecule has 0 spiro atoms. The number of fused-ring (bicyclic) bond motifs is 1. The standard InChI is InChI=1S/C14H26/c1-11-6-3-4-9-13-10-14(13)12(2)8-5-7-11/h11-14H,3-10H2,1-2H3. The minimum absolute atomic E-state index is 0.997. The molecule has 14 heavy (non-hydrogen) atoms. The Bertz CT molecular complexity index is 173. The smallest absolute Gasteiger partial charge is 0.0357 e. The molecule has 0 aliphatic heterocycles. The van der Waals surface area contributed by atoms with Gasteiger partial charge in [0.1, 0.15) is 0 Å². The summed E-state index contributed by atoms with van der Waals surface area (Å²) in [5.74, 6) is 4.30. The Balaban J connectivity index is 1.81. The molecular formula is C14H26. The Kier molecular flexibility index (Phi) is 3.52. The molecule has 0 amide bonds. The lowest BCUT2D eigenvalue weighted by molar-refractivity contribution is 0.396. The van der Waals surface area contributed by atoms with E-state index in [0.717, 1.165) is 23.7 Å². The van der Waals surface area contributed by atoms with Gasteiger partial charge in [0.25, 0.3) is 0 Å². The fraction of sp³-hybridized carbons (Fsp3) is 1.00. The van der Waals surface area contributed by atoms with E-state index in [1.54, 1.807) is 12.8 Å². The van der Waals surface area contributed by atoms with Crippen molar-refractivity contribution in [2.45, 2.75) is 65.2 Å². The summed E-state index contributed by atoms with van der Waals surface area (Å²) >= 11 is 0. The maximum atomic E-state index is 2.49. The molecular weight excluding hydrogens is 168 g/mol. The second kappa shape index (κ2) is 4.68. The highest BCUT2D eigenvalue weighted by atomic mass is 14.4. The molecule has 4 atom stereocenters. The van der Waals surface area contributed by atoms with Gasteiger partial charge in [0.2, 0.25) is 0 Å². The Morgan fingerprint density at radius 2 is 1.50 bits per heavy atom. The topological polar surface area (TPSA) is 0 Å². The Morgan fingerprint density at radius 1 is 0.786 bits per heavy atom. The van der Waals surface area contributed by atoms with Gasteiger partial charge in [-0.05, 0) is 30.1 Å². The summed E-state index contributed by atoms with van der Waals surface area (Å²) in [5.41, 5.74) is 0. The van der Waals surface area contributed by atoms with E-state index in [9.17, 15) is 0 Å². The van der Waals surface area contributed by atoms with Crippen LogP contribution in [0, 0.1) is 23.7 Å². The molecule has 0 heteroatoms. The van der Waals surface area contributed by atoms with Crippen molar-refractivity contribution in [1.29, 1.82) is 0 Å². The van der Waals surface area contributed by atoms with Crippen molar-refractivity contribution in [3.05, 3.63) is 0 Å². The minimum Gasteiger partial charge on any atom is -0.0625 e. The van der Waals surface area contributed by atoms with Crippen LogP contribution in [0.15, 0.2) is 0 Å². The molecule has 0 aromatic rings. The first-order valence-electron chi connectivity index (χ1n) is 6.77. The second-order valence-corrected chi connectivity index (χ2v) is 5.96. The highest BCUT2D eigenvalue weighted by molar-refractivity contribution is 4.89. The van der Waals surface area contributed by atoms with Gasteiger partial charge in [-0.2, -0.15) is 0 Å². The summed E-state index contributed by atoms with van der Waals surface area (Å²) in [6, 6.07) is 0. The summed E-state index contributed by atoms with van der Waals surface area (Å²) in [6.45, 7) is 4.94. The van der Waals surface area contributed by atoms with Crippen LogP contribution < -0.4 is 0 Å². The molecule has 0 heterocycles. The van der Waals surface area contributed by atoms with Gasteiger partial charge in [0.05, 0.1) is 0 Å². The summed E-state index contributed by atoms with van der Waals surface area (Å²) in [5, 5.41) is 0. The molecule has 0 aromatic carbocycles. The number of rotatable bonds is 0. The Labute approximate surface area is 89.5 Å². The van der Waals surface area contributed by atoms with Crippen LogP contribution in [-0.4, -0.2) is 0 Å². The van der Waals surface area contributed by atoms with Crippen molar-refractivity contribution in [1.82, 2.24) is 0 Å². The highest BCUT2D eigenvalue weighted by Gasteiger charge is 2.39. The quantitative estimate of drug-likeness (QED) is 0.527. The van der Waals surface area contributed by atoms with E-state index in [1.807, 2.05) is 0 Å². The molecule has 0 aromatic heterocycles. The van der Waals surface area contributed by atoms with Crippen LogP contribution in [0.25, 0.3) is 0 Å². The molecule has 2 fully saturated rings. The Hall–Kier alpha value is 0. The van der Waals surface area contributed by atoms with Crippen LogP contribution in [0.5, 0.6) is 0 Å². The molecule has 0 nitrogen and oxygen atoms in total. The van der Waals surface area contributed by atoms with Crippen LogP contribution >= 0.6 is 0 Å². The molecule has 2 saturated carbocycles. The van der Waals surface area contributed by atoms with E-state index >= 15 is 0 Å². The molecule has 4 unspecified atom stereocenters. The van der Waals surface area contributed by atoms with Crippen molar-refractivity contribution in [2.24, 2.45) is 23.7 Å². The van der Waals surface area contributed by atoms with Crippen molar-refractivity contribution in [3.8, 4) is 0 Å². The minimum atomic E-state index is 0.997. The maximum Gasteiger partial charge on any atom is -0.0357 e. The first-order chi connectivity index (χ1) is 6.77. The van der Waals surface area contributed by atoms with Crippen LogP contribution in [0.1, 0.15) is 65.2 Å². The van der Waals surface area contributed by atoms with Crippen LogP contribution in [0.3, 0.4) is 0 Å². The lowest BCUT2D eigenvalue weighted by Crippen LogP contribution is -2.00. The summed E-state index contributed by atoms with van der Waals surface area (Å²) < 4.78 is 0. The molecule has 0 saturated heterocycles. The summed E-state index contributed by atoms with van der Waals surface area (Å²) in [7, 11) is 0. The van der Waals surface area contributed by atoms with Crippen molar-refractivity contribution < 1.29 is 0 Å². The predicted octanol–water partition coefficient (Wildman–Crippen LogP) is 4.64. The number of hydrogen-bond acceptors (Lipinski definition) is 0. The molecule has 2 aliphatic rings. The third-order valence-electron chi connectivity index (χ3n) is 4.59. The van der Waals surface area contributed by atoms with Gasteiger partial charge >= 0.3 is 0 Å². The third-order valence-corrected chi connectivity index (χ3v) is 4.59. The summed E-state index contributed by atoms with van der Waals surface area (Å²) in [6.07, 6.45) is 12.1. The molecule has 0 bridgehead atoms. The van der Waals surface area contributed by atoms with E-state index in [-0.39, 0.29) is 0 Å². The van der Waals surface area contributed by atoms with Gasteiger partial charge in [-0.1, -0.05) is 58.8 Å². The third kappa shape index (κ3) is 2.74. The predicted molar refractivity (Wildman–Crippen MR) is 62.2 cm³/mol. The SMILES string of the molecule is CC1CCCCC2CC2C(C)CCC1. The average Bonchev–Trinajstić information content (AvgIpc) is 2.90. The first kappa shape index (κ1) is 10.5. The van der Waals surface area contributed by atoms with E-state index < -0.39 is 0 Å². The lowest BCUT2D eigenvalue weighted by atomic mass is 9.94. The van der Waals surface area contributed by atoms with E-state index in [4.69, 9.17) is 0 Å². The van der Waals surface area contributed by atoms with Gasteiger partial charge in [0.15, 0.2) is 0 Å². The van der Waals surface area contributed by atoms with Gasteiger partial charge in [-0.15, -0.1) is 0 Å². The van der Waals surface area contributed by atoms with Crippen LogP contribution in [-0.2, 0) is 0 Å². The van der Waals surface area contributed by atoms with Crippen molar-refractivity contribution in [3.63, 3.8) is 0 Å². The van der Waals surface area contributed by atoms with E-state index in [0.29, 0.717) is 0 Å². The molecule has 0 radical (unpaired) electrons. The van der Waals surface area contributed by atoms with Crippen LogP contribution in [0.2, 0.25) is 0 Å². The van der Waals surface area contributed by atoms with E-state index in [1.165, 1.54) is 38.5 Å². The normalized spacial score (nSPS) is 45.0. The monoisotopic (exact) mass is 194 g/mol. The molecule has 2 aliphatic carbocycles. The van der Waals surface area contributed by atoms with E-state index in [2.05, 4.69) is 13.8 Å². The first-order valence-corrected chi connectivity index (χ1v) is 6.77. The van der Waals surface area contributed by atoms with Crippen LogP contribution in [0.4, 0.5) is 0 Å². The highest BCUT2D eigenvalue weighted by Crippen LogP contribution is 2.49. The van der Waals surface area contributed by atoms with Gasteiger partial charge < -0.3 is 0 Å². The summed E-state index contributed by atoms with van der Waals surface area (Å²) in [4.78, 5) is 0. The fourth-order valence-electron chi connectivity index (χ4n) is 3.35. The van der Waals surface area contributed by atoms with Gasteiger partial charge in [0, 0.05) is 0 Å². The second-order valence-electron chi connectivity index (χ2n) is 5.96. The largest absolute Gasteiger partial charge is 0.0625 e. The fourth-order valence-corrected chi connectivity index (χ4v) is 3.35. The zero-order chi connectivity index (χ0) is 9.97. The molecule has 2 rings (SSSR count). The molecule has 0 N–H and O–H groups in total. The Morgan fingerprint density at radius 3 is 2.36 bits per heavy atom. The van der Waals surface area contributed by atoms with Gasteiger partial charge in [-0.25, -0.2) is 0 Å². The van der Waals surface area contributed by atoms with Crippen molar-refractivity contribution in [2.75, 3.05) is 0 Å².